The highest BCUT2D eigenvalue weighted by Gasteiger charge is 2.28. The van der Waals surface area contributed by atoms with Gasteiger partial charge in [-0.1, -0.05) is 51.0 Å². The molecule has 0 fully saturated rings. The Kier molecular flexibility index (Phi) is 5.41. The standard InChI is InChI=1S/C21H25N3S.C6H4/c1-7-15-11-13-25-18(15)17-19(23-21(5,6)14-20(2,3)4)24-12-9-8-10-16(24)22-17;1-2-5-4-6(5)3-1/h1,8-13,23H,14H2,2-6H3;1-4H. The van der Waals surface area contributed by atoms with Crippen molar-refractivity contribution in [2.75, 3.05) is 5.32 Å². The summed E-state index contributed by atoms with van der Waals surface area (Å²) in [6, 6.07) is 16.5. The molecule has 3 nitrogen and oxygen atoms in total. The number of nitrogens with one attached hydrogen (secondary N) is 1. The van der Waals surface area contributed by atoms with Crippen LogP contribution in [0, 0.1) is 17.8 Å². The fourth-order valence-electron chi connectivity index (χ4n) is 4.25. The van der Waals surface area contributed by atoms with E-state index in [1.165, 1.54) is 11.1 Å². The normalized spacial score (nSPS) is 12.1. The average Bonchev–Trinajstić information content (AvgIpc) is 3.06. The van der Waals surface area contributed by atoms with E-state index >= 15 is 0 Å². The summed E-state index contributed by atoms with van der Waals surface area (Å²) in [5.41, 5.74) is 5.74. The molecule has 0 aliphatic heterocycles. The number of imidazole rings is 1. The van der Waals surface area contributed by atoms with Gasteiger partial charge >= 0.3 is 0 Å². The molecule has 2 aliphatic carbocycles. The Labute approximate surface area is 189 Å². The molecule has 0 saturated heterocycles. The van der Waals surface area contributed by atoms with E-state index in [0.29, 0.717) is 0 Å². The maximum absolute atomic E-state index is 5.69. The Balaban J connectivity index is 0.000000325. The molecule has 1 N–H and O–H groups in total. The van der Waals surface area contributed by atoms with Gasteiger partial charge in [-0.25, -0.2) is 4.98 Å². The fraction of sp³-hybridized carbons (Fsp3) is 0.296. The van der Waals surface area contributed by atoms with Crippen molar-refractivity contribution in [2.24, 2.45) is 5.41 Å². The molecule has 0 radical (unpaired) electrons. The molecule has 0 unspecified atom stereocenters. The Morgan fingerprint density at radius 3 is 2.35 bits per heavy atom. The van der Waals surface area contributed by atoms with Gasteiger partial charge in [0.1, 0.15) is 17.2 Å². The highest BCUT2D eigenvalue weighted by molar-refractivity contribution is 7.13. The second-order valence-electron chi connectivity index (χ2n) is 9.87. The number of fused-ring (bicyclic) bond motifs is 2. The highest BCUT2D eigenvalue weighted by atomic mass is 32.1. The van der Waals surface area contributed by atoms with Crippen molar-refractivity contribution in [1.29, 1.82) is 0 Å². The molecule has 0 bridgehead atoms. The van der Waals surface area contributed by atoms with Crippen LogP contribution in [0.15, 0.2) is 60.1 Å². The molecule has 5 rings (SSSR count). The smallest absolute Gasteiger partial charge is 0.140 e. The van der Waals surface area contributed by atoms with Crippen LogP contribution in [0.1, 0.15) is 46.6 Å². The second-order valence-corrected chi connectivity index (χ2v) is 10.8. The van der Waals surface area contributed by atoms with Gasteiger partial charge in [-0.05, 0) is 66.5 Å². The number of anilines is 1. The first-order valence-electron chi connectivity index (χ1n) is 10.6. The zero-order valence-electron chi connectivity index (χ0n) is 18.9. The summed E-state index contributed by atoms with van der Waals surface area (Å²) in [5, 5.41) is 5.77. The SMILES string of the molecule is C#Cc1ccsc1-c1nc2ccccn2c1NC(C)(C)CC(C)(C)C.c1cc2cc-2c1. The molecule has 0 aromatic carbocycles. The quantitative estimate of drug-likeness (QED) is 0.304. The lowest BCUT2D eigenvalue weighted by Gasteiger charge is -2.34. The number of pyridine rings is 1. The van der Waals surface area contributed by atoms with Crippen LogP contribution < -0.4 is 5.32 Å². The molecule has 0 amide bonds. The van der Waals surface area contributed by atoms with Crippen LogP contribution in [-0.4, -0.2) is 14.9 Å². The summed E-state index contributed by atoms with van der Waals surface area (Å²) in [4.78, 5) is 5.90. The number of terminal acetylenes is 1. The van der Waals surface area contributed by atoms with Gasteiger partial charge in [0.05, 0.1) is 4.88 Å². The van der Waals surface area contributed by atoms with Crippen molar-refractivity contribution in [3.8, 4) is 34.0 Å². The van der Waals surface area contributed by atoms with Gasteiger partial charge < -0.3 is 5.32 Å². The summed E-state index contributed by atoms with van der Waals surface area (Å²) < 4.78 is 2.11. The zero-order valence-corrected chi connectivity index (χ0v) is 19.7. The largest absolute Gasteiger partial charge is 0.364 e. The second kappa shape index (κ2) is 7.90. The third-order valence-corrected chi connectivity index (χ3v) is 6.03. The van der Waals surface area contributed by atoms with E-state index in [0.717, 1.165) is 34.0 Å². The predicted octanol–water partition coefficient (Wildman–Crippen LogP) is 7.34. The van der Waals surface area contributed by atoms with Gasteiger partial charge in [0.2, 0.25) is 0 Å². The number of aromatic nitrogens is 2. The number of hydrogen-bond donors (Lipinski definition) is 1. The Hall–Kier alpha value is -3.03. The minimum atomic E-state index is -0.0770. The molecular weight excluding hydrogens is 398 g/mol. The average molecular weight is 428 g/mol. The molecule has 31 heavy (non-hydrogen) atoms. The molecule has 0 spiro atoms. The number of benzene rings is 1. The molecule has 158 valence electrons. The lowest BCUT2D eigenvalue weighted by Crippen LogP contribution is -2.36. The molecule has 0 saturated carbocycles. The van der Waals surface area contributed by atoms with Crippen LogP contribution >= 0.6 is 11.3 Å². The number of rotatable bonds is 4. The van der Waals surface area contributed by atoms with Gasteiger partial charge in [-0.15, -0.1) is 17.8 Å². The molecule has 3 aromatic rings. The first-order valence-corrected chi connectivity index (χ1v) is 11.4. The van der Waals surface area contributed by atoms with E-state index in [2.05, 4.69) is 74.5 Å². The molecule has 2 aliphatic rings. The van der Waals surface area contributed by atoms with E-state index < -0.39 is 0 Å². The summed E-state index contributed by atoms with van der Waals surface area (Å²) in [5.74, 6) is 3.78. The van der Waals surface area contributed by atoms with Gasteiger partial charge in [0, 0.05) is 17.3 Å². The van der Waals surface area contributed by atoms with Gasteiger partial charge in [-0.3, -0.25) is 4.40 Å². The molecule has 0 atom stereocenters. The van der Waals surface area contributed by atoms with Crippen molar-refractivity contribution in [2.45, 2.75) is 46.6 Å². The van der Waals surface area contributed by atoms with Crippen molar-refractivity contribution in [3.05, 3.63) is 65.7 Å². The van der Waals surface area contributed by atoms with Crippen molar-refractivity contribution >= 4 is 22.8 Å². The third-order valence-electron chi connectivity index (χ3n) is 5.11. The van der Waals surface area contributed by atoms with Crippen LogP contribution in [0.2, 0.25) is 0 Å². The molecule has 4 heteroatoms. The monoisotopic (exact) mass is 427 g/mol. The van der Waals surface area contributed by atoms with Crippen LogP contribution in [0.5, 0.6) is 0 Å². The van der Waals surface area contributed by atoms with E-state index in [1.54, 1.807) is 11.3 Å². The van der Waals surface area contributed by atoms with Crippen LogP contribution in [0.4, 0.5) is 5.82 Å². The number of thiophene rings is 1. The Morgan fingerprint density at radius 1 is 1.03 bits per heavy atom. The van der Waals surface area contributed by atoms with E-state index in [9.17, 15) is 0 Å². The lowest BCUT2D eigenvalue weighted by atomic mass is 9.82. The summed E-state index contributed by atoms with van der Waals surface area (Å²) in [7, 11) is 0. The topological polar surface area (TPSA) is 29.3 Å². The van der Waals surface area contributed by atoms with Gasteiger partial charge in [-0.2, -0.15) is 0 Å². The summed E-state index contributed by atoms with van der Waals surface area (Å²) in [6.07, 6.45) is 8.77. The van der Waals surface area contributed by atoms with Gasteiger partial charge in [0.15, 0.2) is 0 Å². The maximum Gasteiger partial charge on any atom is 0.140 e. The van der Waals surface area contributed by atoms with Crippen molar-refractivity contribution in [1.82, 2.24) is 9.38 Å². The molecular formula is C27H29N3S. The zero-order chi connectivity index (χ0) is 22.2. The highest BCUT2D eigenvalue weighted by Crippen LogP contribution is 2.38. The lowest BCUT2D eigenvalue weighted by molar-refractivity contribution is 0.302. The Morgan fingerprint density at radius 2 is 1.77 bits per heavy atom. The molecule has 3 heterocycles. The summed E-state index contributed by atoms with van der Waals surface area (Å²) in [6.45, 7) is 11.3. The third kappa shape index (κ3) is 4.84. The number of nitrogens with zero attached hydrogens (tertiary/aromatic N) is 2. The van der Waals surface area contributed by atoms with E-state index in [-0.39, 0.29) is 11.0 Å². The van der Waals surface area contributed by atoms with Crippen LogP contribution in [0.25, 0.3) is 27.3 Å². The van der Waals surface area contributed by atoms with Crippen LogP contribution in [0.3, 0.4) is 0 Å². The first-order chi connectivity index (χ1) is 14.7. The summed E-state index contributed by atoms with van der Waals surface area (Å²) >= 11 is 1.64. The maximum atomic E-state index is 5.69. The predicted molar refractivity (Wildman–Crippen MR) is 134 cm³/mol. The fourth-order valence-corrected chi connectivity index (χ4v) is 5.09. The van der Waals surface area contributed by atoms with Crippen LogP contribution in [-0.2, 0) is 0 Å². The van der Waals surface area contributed by atoms with Crippen molar-refractivity contribution in [3.63, 3.8) is 0 Å². The van der Waals surface area contributed by atoms with E-state index in [1.807, 2.05) is 35.8 Å². The van der Waals surface area contributed by atoms with Gasteiger partial charge in [0.25, 0.3) is 0 Å². The number of hydrogen-bond acceptors (Lipinski definition) is 3. The molecule has 3 aromatic heterocycles. The van der Waals surface area contributed by atoms with Crippen molar-refractivity contribution < 1.29 is 0 Å². The minimum Gasteiger partial charge on any atom is -0.364 e. The first kappa shape index (κ1) is 21.2. The minimum absolute atomic E-state index is 0.0770. The Bertz CT molecular complexity index is 1240. The van der Waals surface area contributed by atoms with E-state index in [4.69, 9.17) is 11.4 Å².